The lowest BCUT2D eigenvalue weighted by molar-refractivity contribution is 0.100. The van der Waals surface area contributed by atoms with Crippen LogP contribution < -0.4 is 22.1 Å². The minimum atomic E-state index is -0.680. The number of nitrogens with zero attached hydrogens (tertiary/aromatic N) is 1. The van der Waals surface area contributed by atoms with Crippen molar-refractivity contribution in [1.29, 1.82) is 0 Å². The number of rotatable bonds is 4. The molecular formula is C12H15Cl2N5O2. The number of anilines is 1. The maximum atomic E-state index is 11.7. The van der Waals surface area contributed by atoms with E-state index in [2.05, 4.69) is 15.6 Å². The van der Waals surface area contributed by atoms with Crippen molar-refractivity contribution < 1.29 is 9.59 Å². The third-order valence-corrected chi connectivity index (χ3v) is 2.89. The highest BCUT2D eigenvalue weighted by molar-refractivity contribution is 6.40. The number of benzene rings is 1. The maximum absolute atomic E-state index is 11.7. The molecule has 0 aliphatic rings. The Morgan fingerprint density at radius 1 is 1.24 bits per heavy atom. The molecule has 6 N–H and O–H groups in total. The summed E-state index contributed by atoms with van der Waals surface area (Å²) in [6, 6.07) is 2.19. The van der Waals surface area contributed by atoms with Crippen molar-refractivity contribution in [3.05, 3.63) is 27.7 Å². The number of nitrogens with two attached hydrogens (primary N) is 2. The lowest BCUT2D eigenvalue weighted by atomic mass is 10.2. The van der Waals surface area contributed by atoms with Crippen LogP contribution in [0.1, 0.15) is 23.7 Å². The van der Waals surface area contributed by atoms with E-state index in [4.69, 9.17) is 34.7 Å². The first kappa shape index (κ1) is 17.1. The van der Waals surface area contributed by atoms with Crippen molar-refractivity contribution in [3.63, 3.8) is 0 Å². The Labute approximate surface area is 131 Å². The zero-order valence-corrected chi connectivity index (χ0v) is 12.8. The highest BCUT2D eigenvalue weighted by Gasteiger charge is 2.14. The Bertz CT molecular complexity index is 562. The molecule has 0 saturated carbocycles. The summed E-state index contributed by atoms with van der Waals surface area (Å²) in [6.07, 6.45) is 0.792. The second kappa shape index (κ2) is 7.70. The predicted molar refractivity (Wildman–Crippen MR) is 83.9 cm³/mol. The standard InChI is InChI=1S/C12H15Cl2N5O2/c1-2-3-17-12(21)18-9-7(13)4-6(5-8(9)14)10(20)19-11(15)16/h4-5H,2-3H2,1H3,(H2,17,18,21)(H4,15,16,19,20). The third kappa shape index (κ3) is 5.13. The minimum Gasteiger partial charge on any atom is -0.370 e. The van der Waals surface area contributed by atoms with Crippen LogP contribution in [0.2, 0.25) is 10.0 Å². The molecule has 0 aromatic heterocycles. The van der Waals surface area contributed by atoms with Gasteiger partial charge in [-0.2, -0.15) is 4.99 Å². The van der Waals surface area contributed by atoms with Crippen LogP contribution in [0.5, 0.6) is 0 Å². The van der Waals surface area contributed by atoms with E-state index in [1.54, 1.807) is 0 Å². The van der Waals surface area contributed by atoms with Gasteiger partial charge in [0.1, 0.15) is 0 Å². The molecule has 0 aliphatic carbocycles. The second-order valence-corrected chi connectivity index (χ2v) is 4.85. The van der Waals surface area contributed by atoms with E-state index in [0.717, 1.165) is 6.42 Å². The first-order chi connectivity index (χ1) is 9.85. The van der Waals surface area contributed by atoms with E-state index < -0.39 is 11.9 Å². The molecule has 0 saturated heterocycles. The molecule has 114 valence electrons. The van der Waals surface area contributed by atoms with Crippen LogP contribution in [-0.2, 0) is 0 Å². The number of halogens is 2. The van der Waals surface area contributed by atoms with Crippen LogP contribution in [0.3, 0.4) is 0 Å². The molecule has 0 unspecified atom stereocenters. The zero-order chi connectivity index (χ0) is 16.0. The average molecular weight is 332 g/mol. The smallest absolute Gasteiger partial charge is 0.319 e. The quantitative estimate of drug-likeness (QED) is 0.497. The fourth-order valence-electron chi connectivity index (χ4n) is 1.39. The molecular weight excluding hydrogens is 317 g/mol. The van der Waals surface area contributed by atoms with Crippen LogP contribution >= 0.6 is 23.2 Å². The highest BCUT2D eigenvalue weighted by Crippen LogP contribution is 2.32. The van der Waals surface area contributed by atoms with Crippen LogP contribution in [0.15, 0.2) is 17.1 Å². The molecule has 0 radical (unpaired) electrons. The second-order valence-electron chi connectivity index (χ2n) is 4.04. The Morgan fingerprint density at radius 3 is 2.29 bits per heavy atom. The summed E-state index contributed by atoms with van der Waals surface area (Å²) in [5, 5.41) is 5.32. The summed E-state index contributed by atoms with van der Waals surface area (Å²) in [4.78, 5) is 26.6. The summed E-state index contributed by atoms with van der Waals surface area (Å²) in [5.74, 6) is -1.05. The summed E-state index contributed by atoms with van der Waals surface area (Å²) in [5.41, 5.74) is 10.6. The Hall–Kier alpha value is -1.99. The fourth-order valence-corrected chi connectivity index (χ4v) is 1.98. The highest BCUT2D eigenvalue weighted by atomic mass is 35.5. The van der Waals surface area contributed by atoms with Crippen molar-refractivity contribution in [1.82, 2.24) is 5.32 Å². The van der Waals surface area contributed by atoms with Gasteiger partial charge in [-0.15, -0.1) is 0 Å². The van der Waals surface area contributed by atoms with Crippen molar-refractivity contribution in [2.45, 2.75) is 13.3 Å². The lowest BCUT2D eigenvalue weighted by Crippen LogP contribution is -2.29. The van der Waals surface area contributed by atoms with Crippen LogP contribution in [0.25, 0.3) is 0 Å². The van der Waals surface area contributed by atoms with Gasteiger partial charge >= 0.3 is 6.03 Å². The van der Waals surface area contributed by atoms with E-state index >= 15 is 0 Å². The van der Waals surface area contributed by atoms with Crippen LogP contribution in [0.4, 0.5) is 10.5 Å². The minimum absolute atomic E-state index is 0.100. The zero-order valence-electron chi connectivity index (χ0n) is 11.2. The molecule has 9 heteroatoms. The number of nitrogens with one attached hydrogen (secondary N) is 2. The van der Waals surface area contributed by atoms with Gasteiger partial charge in [-0.05, 0) is 18.6 Å². The van der Waals surface area contributed by atoms with E-state index in [0.29, 0.717) is 6.54 Å². The van der Waals surface area contributed by atoms with Crippen LogP contribution in [0, 0.1) is 0 Å². The van der Waals surface area contributed by atoms with Gasteiger partial charge in [-0.25, -0.2) is 4.79 Å². The van der Waals surface area contributed by atoms with Gasteiger partial charge in [0.2, 0.25) is 0 Å². The van der Waals surface area contributed by atoms with E-state index in [1.807, 2.05) is 6.92 Å². The Balaban J connectivity index is 2.98. The van der Waals surface area contributed by atoms with Gasteiger partial charge in [-0.1, -0.05) is 30.1 Å². The molecule has 0 spiro atoms. The summed E-state index contributed by atoms with van der Waals surface area (Å²) in [7, 11) is 0. The Kier molecular flexibility index (Phi) is 6.26. The summed E-state index contributed by atoms with van der Waals surface area (Å²) in [6.45, 7) is 2.44. The number of urea groups is 1. The molecule has 1 rings (SSSR count). The maximum Gasteiger partial charge on any atom is 0.319 e. The topological polar surface area (TPSA) is 123 Å². The molecule has 3 amide bonds. The van der Waals surface area contributed by atoms with Crippen molar-refractivity contribution in [2.24, 2.45) is 16.5 Å². The molecule has 1 aromatic rings. The SMILES string of the molecule is CCCNC(=O)Nc1c(Cl)cc(C(=O)N=C(N)N)cc1Cl. The molecule has 0 heterocycles. The molecule has 7 nitrogen and oxygen atoms in total. The van der Waals surface area contributed by atoms with Crippen LogP contribution in [-0.4, -0.2) is 24.4 Å². The number of carbonyl (C=O) groups excluding carboxylic acids is 2. The number of guanidine groups is 1. The van der Waals surface area contributed by atoms with Gasteiger partial charge < -0.3 is 22.1 Å². The molecule has 0 aliphatic heterocycles. The van der Waals surface area contributed by atoms with Crippen molar-refractivity contribution >= 4 is 46.8 Å². The predicted octanol–water partition coefficient (Wildman–Crippen LogP) is 1.94. The summed E-state index contributed by atoms with van der Waals surface area (Å²) < 4.78 is 0. The average Bonchev–Trinajstić information content (AvgIpc) is 2.39. The number of aliphatic imine (C=N–C) groups is 1. The normalized spacial score (nSPS) is 9.86. The monoisotopic (exact) mass is 331 g/mol. The lowest BCUT2D eigenvalue weighted by Gasteiger charge is -2.11. The number of carbonyl (C=O) groups is 2. The van der Waals surface area contributed by atoms with Gasteiger partial charge in [0, 0.05) is 12.1 Å². The van der Waals surface area contributed by atoms with Gasteiger partial charge in [0.05, 0.1) is 15.7 Å². The first-order valence-electron chi connectivity index (χ1n) is 6.03. The first-order valence-corrected chi connectivity index (χ1v) is 6.78. The molecule has 21 heavy (non-hydrogen) atoms. The third-order valence-electron chi connectivity index (χ3n) is 2.29. The number of hydrogen-bond donors (Lipinski definition) is 4. The number of hydrogen-bond acceptors (Lipinski definition) is 2. The summed E-state index contributed by atoms with van der Waals surface area (Å²) >= 11 is 12.0. The molecule has 0 atom stereocenters. The molecule has 0 fully saturated rings. The van der Waals surface area contributed by atoms with Crippen molar-refractivity contribution in [3.8, 4) is 0 Å². The molecule has 0 bridgehead atoms. The van der Waals surface area contributed by atoms with E-state index in [-0.39, 0.29) is 27.3 Å². The Morgan fingerprint density at radius 2 is 1.81 bits per heavy atom. The largest absolute Gasteiger partial charge is 0.370 e. The number of amides is 3. The van der Waals surface area contributed by atoms with Crippen molar-refractivity contribution in [2.75, 3.05) is 11.9 Å². The van der Waals surface area contributed by atoms with Gasteiger partial charge in [0.15, 0.2) is 5.96 Å². The molecule has 1 aromatic carbocycles. The van der Waals surface area contributed by atoms with Gasteiger partial charge in [-0.3, -0.25) is 4.79 Å². The van der Waals surface area contributed by atoms with Gasteiger partial charge in [0.25, 0.3) is 5.91 Å². The van der Waals surface area contributed by atoms with E-state index in [1.165, 1.54) is 12.1 Å². The van der Waals surface area contributed by atoms with E-state index in [9.17, 15) is 9.59 Å². The fraction of sp³-hybridized carbons (Fsp3) is 0.250.